The number of aryl methyl sites for hydroxylation is 1. The highest BCUT2D eigenvalue weighted by atomic mass is 32.2. The third-order valence-electron chi connectivity index (χ3n) is 4.10. The smallest absolute Gasteiger partial charge is 0.234 e. The van der Waals surface area contributed by atoms with Crippen molar-refractivity contribution in [2.45, 2.75) is 57.1 Å². The maximum absolute atomic E-state index is 12.2. The molecule has 0 unspecified atom stereocenters. The molecular weight excluding hydrogens is 320 g/mol. The summed E-state index contributed by atoms with van der Waals surface area (Å²) in [6.07, 6.45) is 3.36. The number of amides is 1. The molecule has 6 heteroatoms. The van der Waals surface area contributed by atoms with Gasteiger partial charge in [0, 0.05) is 17.6 Å². The van der Waals surface area contributed by atoms with Crippen LogP contribution in [0.2, 0.25) is 0 Å². The summed E-state index contributed by atoms with van der Waals surface area (Å²) < 4.78 is 2.22. The summed E-state index contributed by atoms with van der Waals surface area (Å²) in [6.45, 7) is 6.37. The number of nitrogens with zero attached hydrogens (tertiary/aromatic N) is 3. The highest BCUT2D eigenvalue weighted by molar-refractivity contribution is 7.99. The zero-order valence-corrected chi connectivity index (χ0v) is 15.3. The van der Waals surface area contributed by atoms with Gasteiger partial charge >= 0.3 is 0 Å². The van der Waals surface area contributed by atoms with E-state index < -0.39 is 0 Å². The Balaban J connectivity index is 1.60. The number of rotatable bonds is 7. The number of carbonyl (C=O) groups excluding carboxylic acids is 1. The van der Waals surface area contributed by atoms with Crippen LogP contribution in [0.15, 0.2) is 29.4 Å². The van der Waals surface area contributed by atoms with Gasteiger partial charge in [0.1, 0.15) is 5.82 Å². The van der Waals surface area contributed by atoms with Crippen LogP contribution in [0.1, 0.15) is 57.0 Å². The molecule has 0 bridgehead atoms. The lowest BCUT2D eigenvalue weighted by Gasteiger charge is -2.10. The molecule has 0 radical (unpaired) electrons. The number of anilines is 1. The summed E-state index contributed by atoms with van der Waals surface area (Å²) in [5, 5.41) is 12.4. The van der Waals surface area contributed by atoms with Crippen LogP contribution >= 0.6 is 11.8 Å². The maximum Gasteiger partial charge on any atom is 0.234 e. The summed E-state index contributed by atoms with van der Waals surface area (Å²) in [7, 11) is 0. The summed E-state index contributed by atoms with van der Waals surface area (Å²) in [5.41, 5.74) is 2.10. The van der Waals surface area contributed by atoms with Crippen LogP contribution < -0.4 is 5.32 Å². The molecule has 1 fully saturated rings. The van der Waals surface area contributed by atoms with Crippen molar-refractivity contribution in [3.8, 4) is 0 Å². The molecular formula is C18H24N4OS. The van der Waals surface area contributed by atoms with Gasteiger partial charge in [-0.25, -0.2) is 0 Å². The molecule has 0 spiro atoms. The van der Waals surface area contributed by atoms with E-state index >= 15 is 0 Å². The highest BCUT2D eigenvalue weighted by Crippen LogP contribution is 2.40. The quantitative estimate of drug-likeness (QED) is 0.770. The predicted molar refractivity (Wildman–Crippen MR) is 97.6 cm³/mol. The van der Waals surface area contributed by atoms with Gasteiger partial charge < -0.3 is 9.88 Å². The Hall–Kier alpha value is -1.82. The van der Waals surface area contributed by atoms with Crippen molar-refractivity contribution in [2.75, 3.05) is 11.1 Å². The van der Waals surface area contributed by atoms with Gasteiger partial charge in [0.15, 0.2) is 5.16 Å². The molecule has 0 atom stereocenters. The summed E-state index contributed by atoms with van der Waals surface area (Å²) in [5.74, 6) is 1.70. The molecule has 24 heavy (non-hydrogen) atoms. The van der Waals surface area contributed by atoms with Crippen molar-refractivity contribution in [2.24, 2.45) is 0 Å². The first kappa shape index (κ1) is 17.0. The van der Waals surface area contributed by atoms with Crippen LogP contribution in [0.4, 0.5) is 5.69 Å². The average Bonchev–Trinajstić information content (AvgIpc) is 3.32. The van der Waals surface area contributed by atoms with Crippen LogP contribution in [0.5, 0.6) is 0 Å². The first-order valence-corrected chi connectivity index (χ1v) is 9.53. The molecule has 1 aromatic carbocycles. The van der Waals surface area contributed by atoms with Gasteiger partial charge in [-0.3, -0.25) is 4.79 Å². The first-order valence-electron chi connectivity index (χ1n) is 8.55. The fourth-order valence-electron chi connectivity index (χ4n) is 2.61. The highest BCUT2D eigenvalue weighted by Gasteiger charge is 2.30. The predicted octanol–water partition coefficient (Wildman–Crippen LogP) is 4.03. The molecule has 0 saturated heterocycles. The SMILES string of the molecule is CCc1ccc(NC(=O)CSc2nnc(C(C)C)n2C2CC2)cc1. The monoisotopic (exact) mass is 344 g/mol. The van der Waals surface area contributed by atoms with E-state index in [1.807, 2.05) is 24.3 Å². The van der Waals surface area contributed by atoms with Crippen LogP contribution in [0.3, 0.4) is 0 Å². The first-order chi connectivity index (χ1) is 11.6. The van der Waals surface area contributed by atoms with Crippen molar-refractivity contribution in [3.63, 3.8) is 0 Å². The standard InChI is InChI=1S/C18H24N4OS/c1-4-13-5-7-14(8-6-13)19-16(23)11-24-18-21-20-17(12(2)3)22(18)15-9-10-15/h5-8,12,15H,4,9-11H2,1-3H3,(H,19,23). The lowest BCUT2D eigenvalue weighted by atomic mass is 10.1. The molecule has 1 amide bonds. The van der Waals surface area contributed by atoms with Crippen LogP contribution in [0, 0.1) is 0 Å². The largest absolute Gasteiger partial charge is 0.325 e. The van der Waals surface area contributed by atoms with Crippen LogP contribution in [-0.4, -0.2) is 26.4 Å². The van der Waals surface area contributed by atoms with E-state index in [1.54, 1.807) is 0 Å². The number of thioether (sulfide) groups is 1. The third-order valence-corrected chi connectivity index (χ3v) is 5.04. The van der Waals surface area contributed by atoms with Crippen molar-refractivity contribution in [3.05, 3.63) is 35.7 Å². The second-order valence-electron chi connectivity index (χ2n) is 6.48. The van der Waals surface area contributed by atoms with E-state index in [-0.39, 0.29) is 5.91 Å². The van der Waals surface area contributed by atoms with Crippen molar-refractivity contribution in [1.29, 1.82) is 0 Å². The fourth-order valence-corrected chi connectivity index (χ4v) is 3.42. The molecule has 1 aromatic heterocycles. The summed E-state index contributed by atoms with van der Waals surface area (Å²) >= 11 is 1.47. The molecule has 3 rings (SSSR count). The summed E-state index contributed by atoms with van der Waals surface area (Å²) in [4.78, 5) is 12.2. The maximum atomic E-state index is 12.2. The van der Waals surface area contributed by atoms with E-state index in [9.17, 15) is 4.79 Å². The van der Waals surface area contributed by atoms with Crippen molar-refractivity contribution >= 4 is 23.4 Å². The van der Waals surface area contributed by atoms with E-state index in [0.717, 1.165) is 23.1 Å². The van der Waals surface area contributed by atoms with Gasteiger partial charge in [-0.05, 0) is 37.0 Å². The normalized spacial score (nSPS) is 14.2. The number of nitrogens with one attached hydrogen (secondary N) is 1. The fraction of sp³-hybridized carbons (Fsp3) is 0.500. The number of carbonyl (C=O) groups is 1. The molecule has 2 aromatic rings. The lowest BCUT2D eigenvalue weighted by Crippen LogP contribution is -2.14. The van der Waals surface area contributed by atoms with Gasteiger partial charge in [0.25, 0.3) is 0 Å². The molecule has 0 aliphatic heterocycles. The van der Waals surface area contributed by atoms with E-state index in [4.69, 9.17) is 0 Å². The van der Waals surface area contributed by atoms with Gasteiger partial charge in [-0.1, -0.05) is 44.7 Å². The minimum Gasteiger partial charge on any atom is -0.325 e. The molecule has 128 valence electrons. The van der Waals surface area contributed by atoms with Crippen LogP contribution in [-0.2, 0) is 11.2 Å². The second-order valence-corrected chi connectivity index (χ2v) is 7.43. The number of benzene rings is 1. The van der Waals surface area contributed by atoms with E-state index in [0.29, 0.717) is 17.7 Å². The Morgan fingerprint density at radius 1 is 1.29 bits per heavy atom. The van der Waals surface area contributed by atoms with Crippen molar-refractivity contribution < 1.29 is 4.79 Å². The molecule has 1 aliphatic carbocycles. The Morgan fingerprint density at radius 3 is 2.58 bits per heavy atom. The Kier molecular flexibility index (Phi) is 5.23. The Morgan fingerprint density at radius 2 is 2.00 bits per heavy atom. The molecule has 1 N–H and O–H groups in total. The third kappa shape index (κ3) is 3.98. The molecule has 1 aliphatic rings. The van der Waals surface area contributed by atoms with E-state index in [1.165, 1.54) is 30.2 Å². The van der Waals surface area contributed by atoms with E-state index in [2.05, 4.69) is 40.9 Å². The Bertz CT molecular complexity index is 704. The molecule has 1 heterocycles. The van der Waals surface area contributed by atoms with Crippen molar-refractivity contribution in [1.82, 2.24) is 14.8 Å². The zero-order chi connectivity index (χ0) is 17.1. The summed E-state index contributed by atoms with van der Waals surface area (Å²) in [6, 6.07) is 8.50. The average molecular weight is 344 g/mol. The van der Waals surface area contributed by atoms with Gasteiger partial charge in [0.2, 0.25) is 5.91 Å². The van der Waals surface area contributed by atoms with Crippen LogP contribution in [0.25, 0.3) is 0 Å². The number of aromatic nitrogens is 3. The molecule has 1 saturated carbocycles. The zero-order valence-electron chi connectivity index (χ0n) is 14.5. The molecule has 5 nitrogen and oxygen atoms in total. The number of hydrogen-bond acceptors (Lipinski definition) is 4. The van der Waals surface area contributed by atoms with Gasteiger partial charge in [0.05, 0.1) is 5.75 Å². The minimum absolute atomic E-state index is 0.0132. The lowest BCUT2D eigenvalue weighted by molar-refractivity contribution is -0.113. The van der Waals surface area contributed by atoms with Gasteiger partial charge in [-0.2, -0.15) is 0 Å². The topological polar surface area (TPSA) is 59.8 Å². The van der Waals surface area contributed by atoms with Gasteiger partial charge in [-0.15, -0.1) is 10.2 Å². The minimum atomic E-state index is -0.0132. The Labute approximate surface area is 147 Å². The second kappa shape index (κ2) is 7.38. The number of hydrogen-bond donors (Lipinski definition) is 1.